The summed E-state index contributed by atoms with van der Waals surface area (Å²) in [6.45, 7) is 2.90. The summed E-state index contributed by atoms with van der Waals surface area (Å²) in [4.78, 5) is 4.48. The average Bonchev–Trinajstić information content (AvgIpc) is 2.54. The first-order valence-corrected chi connectivity index (χ1v) is 7.26. The van der Waals surface area contributed by atoms with Gasteiger partial charge in [0.2, 0.25) is 0 Å². The lowest BCUT2D eigenvalue weighted by atomic mass is 10.0. The van der Waals surface area contributed by atoms with Crippen LogP contribution in [0.3, 0.4) is 0 Å². The van der Waals surface area contributed by atoms with E-state index in [-0.39, 0.29) is 6.04 Å². The molecule has 1 aromatic rings. The van der Waals surface area contributed by atoms with Crippen LogP contribution in [0.5, 0.6) is 0 Å². The van der Waals surface area contributed by atoms with Crippen LogP contribution in [0.25, 0.3) is 0 Å². The van der Waals surface area contributed by atoms with E-state index in [0.717, 1.165) is 31.6 Å². The van der Waals surface area contributed by atoms with Crippen molar-refractivity contribution in [3.63, 3.8) is 0 Å². The average molecular weight is 303 g/mol. The third kappa shape index (κ3) is 3.61. The van der Waals surface area contributed by atoms with Crippen molar-refractivity contribution in [1.82, 2.24) is 9.80 Å². The van der Waals surface area contributed by atoms with Gasteiger partial charge in [-0.3, -0.25) is 4.90 Å². The van der Waals surface area contributed by atoms with Crippen LogP contribution in [-0.2, 0) is 0 Å². The van der Waals surface area contributed by atoms with Gasteiger partial charge in [0.05, 0.1) is 22.2 Å². The quantitative estimate of drug-likeness (QED) is 0.910. The van der Waals surface area contributed by atoms with Crippen LogP contribution in [0.4, 0.5) is 0 Å². The number of aliphatic hydroxyl groups is 1. The monoisotopic (exact) mass is 302 g/mol. The van der Waals surface area contributed by atoms with Crippen molar-refractivity contribution >= 4 is 23.2 Å². The number of nitrogens with zero attached hydrogens (tertiary/aromatic N) is 2. The van der Waals surface area contributed by atoms with Crippen molar-refractivity contribution in [2.24, 2.45) is 0 Å². The molecule has 1 aliphatic heterocycles. The Bertz CT molecular complexity index is 441. The van der Waals surface area contributed by atoms with Crippen molar-refractivity contribution in [3.05, 3.63) is 33.8 Å². The van der Waals surface area contributed by atoms with E-state index in [1.807, 2.05) is 6.07 Å². The molecule has 0 radical (unpaired) electrons. The molecule has 0 amide bonds. The first-order valence-electron chi connectivity index (χ1n) is 6.51. The Morgan fingerprint density at radius 2 is 1.95 bits per heavy atom. The highest BCUT2D eigenvalue weighted by molar-refractivity contribution is 6.42. The number of rotatable bonds is 2. The van der Waals surface area contributed by atoms with Crippen molar-refractivity contribution < 1.29 is 5.11 Å². The SMILES string of the molecule is CN1CCCN(C)C(C(O)c2ccc(Cl)c(Cl)c2)C1. The maximum Gasteiger partial charge on any atom is 0.0958 e. The van der Waals surface area contributed by atoms with Gasteiger partial charge in [-0.1, -0.05) is 29.3 Å². The summed E-state index contributed by atoms with van der Waals surface area (Å²) < 4.78 is 0. The highest BCUT2D eigenvalue weighted by atomic mass is 35.5. The first-order chi connectivity index (χ1) is 8.99. The maximum absolute atomic E-state index is 10.6. The molecule has 1 N–H and O–H groups in total. The number of hydrogen-bond donors (Lipinski definition) is 1. The Balaban J connectivity index is 2.20. The van der Waals surface area contributed by atoms with E-state index in [9.17, 15) is 5.11 Å². The highest BCUT2D eigenvalue weighted by Gasteiger charge is 2.28. The molecule has 0 aromatic heterocycles. The maximum atomic E-state index is 10.6. The van der Waals surface area contributed by atoms with E-state index in [1.165, 1.54) is 0 Å². The predicted molar refractivity (Wildman–Crippen MR) is 80.0 cm³/mol. The lowest BCUT2D eigenvalue weighted by Gasteiger charge is -2.31. The summed E-state index contributed by atoms with van der Waals surface area (Å²) in [5, 5.41) is 11.6. The van der Waals surface area contributed by atoms with Crippen LogP contribution in [0.1, 0.15) is 18.1 Å². The number of benzene rings is 1. The van der Waals surface area contributed by atoms with Crippen molar-refractivity contribution in [2.45, 2.75) is 18.6 Å². The van der Waals surface area contributed by atoms with E-state index < -0.39 is 6.10 Å². The van der Waals surface area contributed by atoms with Crippen molar-refractivity contribution in [1.29, 1.82) is 0 Å². The minimum absolute atomic E-state index is 0.0738. The lowest BCUT2D eigenvalue weighted by molar-refractivity contribution is 0.0572. The fourth-order valence-electron chi connectivity index (χ4n) is 2.57. The fourth-order valence-corrected chi connectivity index (χ4v) is 2.87. The molecule has 5 heteroatoms. The predicted octanol–water partition coefficient (Wildman–Crippen LogP) is 2.66. The molecule has 2 atom stereocenters. The number of hydrogen-bond acceptors (Lipinski definition) is 3. The van der Waals surface area contributed by atoms with Gasteiger partial charge in [0.25, 0.3) is 0 Å². The third-order valence-corrected chi connectivity index (χ3v) is 4.50. The van der Waals surface area contributed by atoms with Gasteiger partial charge < -0.3 is 10.0 Å². The summed E-state index contributed by atoms with van der Waals surface area (Å²) >= 11 is 11.9. The van der Waals surface area contributed by atoms with Crippen LogP contribution >= 0.6 is 23.2 Å². The number of halogens is 2. The topological polar surface area (TPSA) is 26.7 Å². The molecule has 1 fully saturated rings. The molecule has 1 aliphatic rings. The summed E-state index contributed by atoms with van der Waals surface area (Å²) in [6, 6.07) is 5.41. The van der Waals surface area contributed by atoms with Gasteiger partial charge in [0.15, 0.2) is 0 Å². The van der Waals surface area contributed by atoms with E-state index in [4.69, 9.17) is 23.2 Å². The molecule has 0 aliphatic carbocycles. The van der Waals surface area contributed by atoms with E-state index in [2.05, 4.69) is 23.9 Å². The molecule has 19 heavy (non-hydrogen) atoms. The van der Waals surface area contributed by atoms with Gasteiger partial charge >= 0.3 is 0 Å². The second-order valence-electron chi connectivity index (χ2n) is 5.28. The van der Waals surface area contributed by atoms with Crippen LogP contribution < -0.4 is 0 Å². The zero-order valence-corrected chi connectivity index (χ0v) is 12.8. The standard InChI is InChI=1S/C14H20Cl2N2O/c1-17-6-3-7-18(2)13(9-17)14(19)10-4-5-11(15)12(16)8-10/h4-5,8,13-14,19H,3,6-7,9H2,1-2H3. The van der Waals surface area contributed by atoms with E-state index >= 15 is 0 Å². The van der Waals surface area contributed by atoms with Gasteiger partial charge in [-0.05, 0) is 51.3 Å². The van der Waals surface area contributed by atoms with Crippen LogP contribution in [0.15, 0.2) is 18.2 Å². The zero-order chi connectivity index (χ0) is 14.0. The summed E-state index contributed by atoms with van der Waals surface area (Å²) in [6.07, 6.45) is 0.567. The lowest BCUT2D eigenvalue weighted by Crippen LogP contribution is -2.42. The molecule has 1 saturated heterocycles. The number of aliphatic hydroxyl groups excluding tert-OH is 1. The van der Waals surface area contributed by atoms with E-state index in [0.29, 0.717) is 10.0 Å². The minimum Gasteiger partial charge on any atom is -0.387 e. The smallest absolute Gasteiger partial charge is 0.0958 e. The fraction of sp³-hybridized carbons (Fsp3) is 0.571. The number of likely N-dealkylation sites (N-methyl/N-ethyl adjacent to an activating group) is 2. The Labute approximate surface area is 124 Å². The van der Waals surface area contributed by atoms with Gasteiger partial charge in [0.1, 0.15) is 0 Å². The van der Waals surface area contributed by atoms with Gasteiger partial charge in [-0.15, -0.1) is 0 Å². The highest BCUT2D eigenvalue weighted by Crippen LogP contribution is 2.29. The Morgan fingerprint density at radius 1 is 1.21 bits per heavy atom. The van der Waals surface area contributed by atoms with Gasteiger partial charge in [-0.25, -0.2) is 0 Å². The zero-order valence-electron chi connectivity index (χ0n) is 11.3. The third-order valence-electron chi connectivity index (χ3n) is 3.77. The minimum atomic E-state index is -0.555. The Hall–Kier alpha value is -0.320. The summed E-state index contributed by atoms with van der Waals surface area (Å²) in [7, 11) is 4.15. The van der Waals surface area contributed by atoms with Crippen molar-refractivity contribution in [3.8, 4) is 0 Å². The largest absolute Gasteiger partial charge is 0.387 e. The molecule has 106 valence electrons. The van der Waals surface area contributed by atoms with Gasteiger partial charge in [-0.2, -0.15) is 0 Å². The molecule has 2 unspecified atom stereocenters. The Kier molecular flexibility index (Phi) is 5.09. The molecule has 1 heterocycles. The van der Waals surface area contributed by atoms with Crippen LogP contribution in [-0.4, -0.2) is 54.7 Å². The normalized spacial score (nSPS) is 24.2. The van der Waals surface area contributed by atoms with Crippen LogP contribution in [0.2, 0.25) is 10.0 Å². The second kappa shape index (κ2) is 6.42. The molecular weight excluding hydrogens is 283 g/mol. The van der Waals surface area contributed by atoms with Crippen molar-refractivity contribution in [2.75, 3.05) is 33.7 Å². The van der Waals surface area contributed by atoms with Crippen LogP contribution in [0, 0.1) is 0 Å². The first kappa shape index (κ1) is 15.1. The molecule has 0 spiro atoms. The molecule has 2 rings (SSSR count). The van der Waals surface area contributed by atoms with E-state index in [1.54, 1.807) is 12.1 Å². The second-order valence-corrected chi connectivity index (χ2v) is 6.10. The van der Waals surface area contributed by atoms with Gasteiger partial charge in [0, 0.05) is 6.54 Å². The summed E-state index contributed by atoms with van der Waals surface area (Å²) in [5.41, 5.74) is 0.821. The molecule has 1 aromatic carbocycles. The molecule has 0 saturated carbocycles. The molecule has 3 nitrogen and oxygen atoms in total. The molecule has 0 bridgehead atoms. The summed E-state index contributed by atoms with van der Waals surface area (Å²) in [5.74, 6) is 0. The Morgan fingerprint density at radius 3 is 2.63 bits per heavy atom. The molecular formula is C14H20Cl2N2O.